The van der Waals surface area contributed by atoms with Crippen LogP contribution < -0.4 is 10.9 Å². The van der Waals surface area contributed by atoms with Crippen LogP contribution in [0.25, 0.3) is 10.9 Å². The van der Waals surface area contributed by atoms with Crippen molar-refractivity contribution in [2.75, 3.05) is 5.32 Å². The Morgan fingerprint density at radius 3 is 2.96 bits per heavy atom. The van der Waals surface area contributed by atoms with E-state index in [0.29, 0.717) is 5.69 Å². The van der Waals surface area contributed by atoms with Gasteiger partial charge >= 0.3 is 0 Å². The molecule has 0 spiro atoms. The van der Waals surface area contributed by atoms with Crippen molar-refractivity contribution in [1.29, 1.82) is 0 Å². The summed E-state index contributed by atoms with van der Waals surface area (Å²) in [4.78, 5) is 14.9. The largest absolute Gasteiger partial charge is 0.351 e. The second-order valence-electron chi connectivity index (χ2n) is 6.40. The first kappa shape index (κ1) is 14.1. The van der Waals surface area contributed by atoms with Crippen molar-refractivity contribution in [3.8, 4) is 0 Å². The summed E-state index contributed by atoms with van der Waals surface area (Å²) < 4.78 is 0. The van der Waals surface area contributed by atoms with Crippen LogP contribution in [0.5, 0.6) is 0 Å². The van der Waals surface area contributed by atoms with Crippen LogP contribution in [0.15, 0.2) is 41.5 Å². The normalized spacial score (nSPS) is 15.3. The molecule has 1 saturated carbocycles. The third-order valence-corrected chi connectivity index (χ3v) is 4.68. The number of H-pyrrole nitrogens is 2. The van der Waals surface area contributed by atoms with E-state index >= 15 is 0 Å². The molecule has 0 unspecified atom stereocenters. The molecule has 5 heteroatoms. The van der Waals surface area contributed by atoms with Gasteiger partial charge in [-0.2, -0.15) is 5.10 Å². The average Bonchev–Trinajstić information content (AvgIpc) is 3.21. The molecule has 2 heterocycles. The Morgan fingerprint density at radius 2 is 2.09 bits per heavy atom. The lowest BCUT2D eigenvalue weighted by atomic mass is 9.99. The van der Waals surface area contributed by atoms with E-state index in [1.807, 2.05) is 30.5 Å². The van der Waals surface area contributed by atoms with Crippen molar-refractivity contribution in [3.05, 3.63) is 52.6 Å². The van der Waals surface area contributed by atoms with Crippen molar-refractivity contribution in [2.24, 2.45) is 5.92 Å². The number of aromatic amines is 2. The lowest BCUT2D eigenvalue weighted by Gasteiger charge is -2.11. The lowest BCUT2D eigenvalue weighted by molar-refractivity contribution is 0.545. The van der Waals surface area contributed by atoms with Crippen molar-refractivity contribution < 1.29 is 0 Å². The van der Waals surface area contributed by atoms with E-state index < -0.39 is 0 Å². The van der Waals surface area contributed by atoms with E-state index in [1.165, 1.54) is 31.2 Å². The number of nitrogens with one attached hydrogen (secondary N) is 3. The zero-order valence-corrected chi connectivity index (χ0v) is 12.9. The first-order valence-electron chi connectivity index (χ1n) is 8.20. The molecule has 1 fully saturated rings. The fraction of sp³-hybridized carbons (Fsp3) is 0.333. The molecule has 1 aliphatic rings. The molecular weight excluding hydrogens is 288 g/mol. The van der Waals surface area contributed by atoms with Crippen molar-refractivity contribution in [1.82, 2.24) is 15.2 Å². The number of benzene rings is 1. The van der Waals surface area contributed by atoms with Gasteiger partial charge in [0.25, 0.3) is 5.56 Å². The summed E-state index contributed by atoms with van der Waals surface area (Å²) in [7, 11) is 0. The van der Waals surface area contributed by atoms with E-state index in [9.17, 15) is 4.79 Å². The van der Waals surface area contributed by atoms with Crippen molar-refractivity contribution in [3.63, 3.8) is 0 Å². The minimum atomic E-state index is -0.0903. The topological polar surface area (TPSA) is 73.6 Å². The van der Waals surface area contributed by atoms with Crippen LogP contribution in [-0.2, 0) is 6.42 Å². The van der Waals surface area contributed by atoms with Gasteiger partial charge in [-0.15, -0.1) is 0 Å². The van der Waals surface area contributed by atoms with Gasteiger partial charge in [-0.3, -0.25) is 9.89 Å². The Balaban J connectivity index is 1.58. The number of hydrogen-bond donors (Lipinski definition) is 3. The maximum absolute atomic E-state index is 12.1. The summed E-state index contributed by atoms with van der Waals surface area (Å²) in [6, 6.07) is 7.88. The average molecular weight is 308 g/mol. The molecule has 0 radical (unpaired) electrons. The molecule has 1 aromatic carbocycles. The number of hydrogen-bond acceptors (Lipinski definition) is 3. The standard InChI is InChI=1S/C18H20N4O/c23-18-17(8-13(10-19-18)7-12-3-1-2-4-12)21-15-5-6-16-14(9-15)11-20-22-16/h5-6,8-12,21H,1-4,7H2,(H,19,23)(H,20,22). The zero-order chi connectivity index (χ0) is 15.6. The minimum Gasteiger partial charge on any atom is -0.351 e. The third-order valence-electron chi connectivity index (χ3n) is 4.68. The number of nitrogens with zero attached hydrogens (tertiary/aromatic N) is 1. The second-order valence-corrected chi connectivity index (χ2v) is 6.40. The Bertz CT molecular complexity index is 874. The fourth-order valence-corrected chi connectivity index (χ4v) is 3.46. The second kappa shape index (κ2) is 5.91. The van der Waals surface area contributed by atoms with Gasteiger partial charge in [0.15, 0.2) is 0 Å². The SMILES string of the molecule is O=c1[nH]cc(CC2CCCC2)cc1Nc1ccc2[nH]ncc2c1. The molecule has 0 saturated heterocycles. The van der Waals surface area contributed by atoms with Crippen molar-refractivity contribution in [2.45, 2.75) is 32.1 Å². The Labute approximate surface area is 134 Å². The van der Waals surface area contributed by atoms with Gasteiger partial charge < -0.3 is 10.3 Å². The molecule has 5 nitrogen and oxygen atoms in total. The molecule has 118 valence electrons. The van der Waals surface area contributed by atoms with E-state index in [4.69, 9.17) is 0 Å². The van der Waals surface area contributed by atoms with Crippen LogP contribution in [0, 0.1) is 5.92 Å². The minimum absolute atomic E-state index is 0.0903. The van der Waals surface area contributed by atoms with Gasteiger partial charge in [0.1, 0.15) is 5.69 Å². The summed E-state index contributed by atoms with van der Waals surface area (Å²) in [6.45, 7) is 0. The highest BCUT2D eigenvalue weighted by molar-refractivity contribution is 5.82. The maximum Gasteiger partial charge on any atom is 0.271 e. The predicted octanol–water partition coefficient (Wildman–Crippen LogP) is 3.73. The number of pyridine rings is 1. The van der Waals surface area contributed by atoms with Crippen LogP contribution in [0.1, 0.15) is 31.2 Å². The predicted molar refractivity (Wildman–Crippen MR) is 92.1 cm³/mol. The molecule has 2 aromatic heterocycles. The van der Waals surface area contributed by atoms with Crippen LogP contribution in [0.4, 0.5) is 11.4 Å². The maximum atomic E-state index is 12.1. The van der Waals surface area contributed by atoms with E-state index in [-0.39, 0.29) is 5.56 Å². The summed E-state index contributed by atoms with van der Waals surface area (Å²) in [5, 5.41) is 11.2. The van der Waals surface area contributed by atoms with Crippen LogP contribution in [0.2, 0.25) is 0 Å². The smallest absolute Gasteiger partial charge is 0.271 e. The van der Waals surface area contributed by atoms with Crippen LogP contribution >= 0.6 is 0 Å². The van der Waals surface area contributed by atoms with E-state index in [1.54, 1.807) is 6.20 Å². The molecule has 0 aliphatic heterocycles. The van der Waals surface area contributed by atoms with Crippen LogP contribution in [-0.4, -0.2) is 15.2 Å². The quantitative estimate of drug-likeness (QED) is 0.687. The number of rotatable bonds is 4. The molecule has 4 rings (SSSR count). The Morgan fingerprint density at radius 1 is 1.22 bits per heavy atom. The lowest BCUT2D eigenvalue weighted by Crippen LogP contribution is -2.12. The summed E-state index contributed by atoms with van der Waals surface area (Å²) in [5.41, 5.74) is 3.58. The number of anilines is 2. The van der Waals surface area contributed by atoms with E-state index in [0.717, 1.165) is 28.9 Å². The zero-order valence-electron chi connectivity index (χ0n) is 12.9. The molecule has 0 amide bonds. The molecule has 1 aliphatic carbocycles. The van der Waals surface area contributed by atoms with Gasteiger partial charge in [-0.1, -0.05) is 25.7 Å². The first-order valence-corrected chi connectivity index (χ1v) is 8.20. The number of aromatic nitrogens is 3. The van der Waals surface area contributed by atoms with Gasteiger partial charge in [0.2, 0.25) is 0 Å². The molecular formula is C18H20N4O. The Kier molecular flexibility index (Phi) is 3.61. The highest BCUT2D eigenvalue weighted by Crippen LogP contribution is 2.28. The first-order chi connectivity index (χ1) is 11.3. The highest BCUT2D eigenvalue weighted by atomic mass is 16.1. The molecule has 0 atom stereocenters. The molecule has 23 heavy (non-hydrogen) atoms. The van der Waals surface area contributed by atoms with Gasteiger partial charge in [0.05, 0.1) is 11.7 Å². The monoisotopic (exact) mass is 308 g/mol. The van der Waals surface area contributed by atoms with Gasteiger partial charge in [-0.05, 0) is 42.2 Å². The number of fused-ring (bicyclic) bond motifs is 1. The Hall–Kier alpha value is -2.56. The summed E-state index contributed by atoms with van der Waals surface area (Å²) in [6.07, 6.45) is 9.96. The summed E-state index contributed by atoms with van der Waals surface area (Å²) in [5.74, 6) is 0.760. The van der Waals surface area contributed by atoms with Crippen molar-refractivity contribution >= 4 is 22.3 Å². The van der Waals surface area contributed by atoms with Gasteiger partial charge in [-0.25, -0.2) is 0 Å². The molecule has 3 aromatic rings. The highest BCUT2D eigenvalue weighted by Gasteiger charge is 2.16. The summed E-state index contributed by atoms with van der Waals surface area (Å²) >= 11 is 0. The van der Waals surface area contributed by atoms with Crippen LogP contribution in [0.3, 0.4) is 0 Å². The van der Waals surface area contributed by atoms with E-state index in [2.05, 4.69) is 20.5 Å². The van der Waals surface area contributed by atoms with Gasteiger partial charge in [0, 0.05) is 17.3 Å². The molecule has 0 bridgehead atoms. The fourth-order valence-electron chi connectivity index (χ4n) is 3.46. The molecule has 3 N–H and O–H groups in total. The third kappa shape index (κ3) is 2.99.